The van der Waals surface area contributed by atoms with E-state index in [4.69, 9.17) is 16.3 Å². The Hall–Kier alpha value is -2.34. The maximum atomic E-state index is 12.3. The number of carbonyl (C=O) groups excluding carboxylic acids is 1. The van der Waals surface area contributed by atoms with Gasteiger partial charge in [-0.3, -0.25) is 9.10 Å². The first-order chi connectivity index (χ1) is 15.8. The third kappa shape index (κ3) is 7.86. The maximum Gasteiger partial charge on any atom is 0.242 e. The van der Waals surface area contributed by atoms with E-state index in [9.17, 15) is 21.6 Å². The third-order valence-corrected chi connectivity index (χ3v) is 8.14. The van der Waals surface area contributed by atoms with Gasteiger partial charge in [-0.15, -0.1) is 0 Å². The van der Waals surface area contributed by atoms with Gasteiger partial charge in [0.25, 0.3) is 0 Å². The second kappa shape index (κ2) is 11.9. The first-order valence-corrected chi connectivity index (χ1v) is 14.1. The van der Waals surface area contributed by atoms with E-state index >= 15 is 0 Å². The number of sulfonamides is 2. The first kappa shape index (κ1) is 27.9. The van der Waals surface area contributed by atoms with Crippen molar-refractivity contribution in [1.82, 2.24) is 9.62 Å². The Morgan fingerprint density at radius 2 is 1.71 bits per heavy atom. The summed E-state index contributed by atoms with van der Waals surface area (Å²) in [5.74, 6) is 0.250. The first-order valence-electron chi connectivity index (χ1n) is 10.5. The molecule has 0 unspecified atom stereocenters. The number of nitrogens with one attached hydrogen (secondary N) is 1. The molecule has 0 heterocycles. The number of aryl methyl sites for hydroxylation is 1. The van der Waals surface area contributed by atoms with Crippen LogP contribution in [0.5, 0.6) is 5.75 Å². The Bertz CT molecular complexity index is 1200. The van der Waals surface area contributed by atoms with Crippen LogP contribution in [0.3, 0.4) is 0 Å². The molecule has 188 valence electrons. The molecule has 2 aromatic rings. The number of benzene rings is 2. The minimum Gasteiger partial charge on any atom is -0.492 e. The highest BCUT2D eigenvalue weighted by molar-refractivity contribution is 7.92. The summed E-state index contributed by atoms with van der Waals surface area (Å²) in [6.07, 6.45) is 1.59. The average Bonchev–Trinajstić information content (AvgIpc) is 2.75. The molecule has 0 bridgehead atoms. The van der Waals surface area contributed by atoms with E-state index in [1.807, 2.05) is 0 Å². The molecule has 1 N–H and O–H groups in total. The van der Waals surface area contributed by atoms with Crippen molar-refractivity contribution in [1.29, 1.82) is 0 Å². The van der Waals surface area contributed by atoms with Crippen molar-refractivity contribution in [2.24, 2.45) is 0 Å². The minimum atomic E-state index is -3.54. The highest BCUT2D eigenvalue weighted by atomic mass is 35.5. The van der Waals surface area contributed by atoms with Gasteiger partial charge in [0.15, 0.2) is 0 Å². The standard InChI is InChI=1S/C22H30ClN3O6S2/c1-17-7-8-18(23)16-21(17)26(33(4,28)29)14-5-6-22(27)24-13-15-32-19-9-11-20(12-10-19)34(30,31)25(2)3/h7-12,16H,5-6,13-15H2,1-4H3,(H,24,27). The largest absolute Gasteiger partial charge is 0.492 e. The zero-order valence-electron chi connectivity index (χ0n) is 19.6. The summed E-state index contributed by atoms with van der Waals surface area (Å²) in [6.45, 7) is 2.39. The zero-order valence-corrected chi connectivity index (χ0v) is 22.0. The molecule has 0 aromatic heterocycles. The molecule has 0 fully saturated rings. The van der Waals surface area contributed by atoms with Crippen LogP contribution < -0.4 is 14.4 Å². The van der Waals surface area contributed by atoms with Crippen LogP contribution in [-0.2, 0) is 24.8 Å². The number of rotatable bonds is 12. The van der Waals surface area contributed by atoms with Gasteiger partial charge in [0.2, 0.25) is 26.0 Å². The van der Waals surface area contributed by atoms with Gasteiger partial charge in [-0.2, -0.15) is 0 Å². The van der Waals surface area contributed by atoms with Crippen molar-refractivity contribution in [2.45, 2.75) is 24.7 Å². The number of amides is 1. The Kier molecular flexibility index (Phi) is 9.74. The normalized spacial score (nSPS) is 11.9. The molecule has 0 saturated heterocycles. The van der Waals surface area contributed by atoms with Crippen molar-refractivity contribution >= 4 is 43.2 Å². The Morgan fingerprint density at radius 3 is 2.29 bits per heavy atom. The minimum absolute atomic E-state index is 0.142. The summed E-state index contributed by atoms with van der Waals surface area (Å²) >= 11 is 6.02. The lowest BCUT2D eigenvalue weighted by atomic mass is 10.2. The molecular formula is C22H30ClN3O6S2. The zero-order chi connectivity index (χ0) is 25.5. The van der Waals surface area contributed by atoms with Gasteiger partial charge in [-0.25, -0.2) is 21.1 Å². The Morgan fingerprint density at radius 1 is 1.06 bits per heavy atom. The molecule has 0 saturated carbocycles. The van der Waals surface area contributed by atoms with Gasteiger partial charge in [0.1, 0.15) is 12.4 Å². The molecule has 9 nitrogen and oxygen atoms in total. The van der Waals surface area contributed by atoms with Crippen LogP contribution in [-0.4, -0.2) is 67.1 Å². The quantitative estimate of drug-likeness (QED) is 0.421. The van der Waals surface area contributed by atoms with Gasteiger partial charge in [0.05, 0.1) is 23.4 Å². The summed E-state index contributed by atoms with van der Waals surface area (Å²) in [5, 5.41) is 3.15. The number of hydrogen-bond donors (Lipinski definition) is 1. The van der Waals surface area contributed by atoms with Crippen molar-refractivity contribution in [3.8, 4) is 5.75 Å². The molecule has 0 aliphatic carbocycles. The smallest absolute Gasteiger partial charge is 0.242 e. The molecule has 0 aliphatic rings. The van der Waals surface area contributed by atoms with Gasteiger partial charge in [-0.05, 0) is 55.3 Å². The van der Waals surface area contributed by atoms with Crippen LogP contribution in [0.15, 0.2) is 47.4 Å². The number of halogens is 1. The van der Waals surface area contributed by atoms with Crippen molar-refractivity contribution in [3.05, 3.63) is 53.1 Å². The summed E-state index contributed by atoms with van der Waals surface area (Å²) in [5.41, 5.74) is 1.26. The van der Waals surface area contributed by atoms with Crippen molar-refractivity contribution < 1.29 is 26.4 Å². The predicted octanol–water partition coefficient (Wildman–Crippen LogP) is 2.64. The summed E-state index contributed by atoms with van der Waals surface area (Å²) in [6, 6.07) is 11.0. The lowest BCUT2D eigenvalue weighted by molar-refractivity contribution is -0.121. The molecule has 0 radical (unpaired) electrons. The van der Waals surface area contributed by atoms with Crippen LogP contribution >= 0.6 is 11.6 Å². The third-order valence-electron chi connectivity index (χ3n) is 4.90. The number of nitrogens with zero attached hydrogens (tertiary/aromatic N) is 2. The summed E-state index contributed by atoms with van der Waals surface area (Å²) < 4.78 is 56.6. The molecular weight excluding hydrogens is 502 g/mol. The van der Waals surface area contributed by atoms with Crippen LogP contribution in [0.4, 0.5) is 5.69 Å². The molecule has 34 heavy (non-hydrogen) atoms. The second-order valence-electron chi connectivity index (χ2n) is 7.83. The van der Waals surface area contributed by atoms with E-state index in [2.05, 4.69) is 5.32 Å². The van der Waals surface area contributed by atoms with E-state index in [0.29, 0.717) is 22.9 Å². The van der Waals surface area contributed by atoms with Gasteiger partial charge < -0.3 is 10.1 Å². The molecule has 0 spiro atoms. The van der Waals surface area contributed by atoms with E-state index in [0.717, 1.165) is 16.1 Å². The van der Waals surface area contributed by atoms with Crippen molar-refractivity contribution in [2.75, 3.05) is 44.4 Å². The topological polar surface area (TPSA) is 113 Å². The van der Waals surface area contributed by atoms with Crippen LogP contribution in [0.1, 0.15) is 18.4 Å². The fourth-order valence-electron chi connectivity index (χ4n) is 3.07. The fraction of sp³-hybridized carbons (Fsp3) is 0.409. The van der Waals surface area contributed by atoms with Crippen molar-refractivity contribution in [3.63, 3.8) is 0 Å². The lowest BCUT2D eigenvalue weighted by Crippen LogP contribution is -2.33. The second-order valence-corrected chi connectivity index (χ2v) is 12.3. The number of anilines is 1. The fourth-order valence-corrected chi connectivity index (χ4v) is 5.15. The predicted molar refractivity (Wildman–Crippen MR) is 133 cm³/mol. The maximum absolute atomic E-state index is 12.3. The van der Waals surface area contributed by atoms with E-state index in [1.54, 1.807) is 37.3 Å². The molecule has 0 atom stereocenters. The Labute approximate surface area is 206 Å². The van der Waals surface area contributed by atoms with E-state index < -0.39 is 20.0 Å². The summed E-state index contributed by atoms with van der Waals surface area (Å²) in [7, 11) is -4.13. The van der Waals surface area contributed by atoms with Gasteiger partial charge in [-0.1, -0.05) is 17.7 Å². The molecule has 0 aliphatic heterocycles. The highest BCUT2D eigenvalue weighted by Gasteiger charge is 2.20. The molecule has 12 heteroatoms. The van der Waals surface area contributed by atoms with Crippen LogP contribution in [0.2, 0.25) is 5.02 Å². The molecule has 1 amide bonds. The van der Waals surface area contributed by atoms with E-state index in [1.165, 1.54) is 30.5 Å². The molecule has 2 aromatic carbocycles. The monoisotopic (exact) mass is 531 g/mol. The Balaban J connectivity index is 1.79. The van der Waals surface area contributed by atoms with Crippen LogP contribution in [0.25, 0.3) is 0 Å². The number of hydrogen-bond acceptors (Lipinski definition) is 6. The highest BCUT2D eigenvalue weighted by Crippen LogP contribution is 2.26. The van der Waals surface area contributed by atoms with Crippen LogP contribution in [0, 0.1) is 6.92 Å². The van der Waals surface area contributed by atoms with Gasteiger partial charge in [0, 0.05) is 32.1 Å². The summed E-state index contributed by atoms with van der Waals surface area (Å²) in [4.78, 5) is 12.3. The van der Waals surface area contributed by atoms with Gasteiger partial charge >= 0.3 is 0 Å². The van der Waals surface area contributed by atoms with E-state index in [-0.39, 0.29) is 36.9 Å². The number of ether oxygens (including phenoxy) is 1. The average molecular weight is 532 g/mol. The SMILES string of the molecule is Cc1ccc(Cl)cc1N(CCCC(=O)NCCOc1ccc(S(=O)(=O)N(C)C)cc1)S(C)(=O)=O. The lowest BCUT2D eigenvalue weighted by Gasteiger charge is -2.24. The molecule has 2 rings (SSSR count). The number of carbonyl (C=O) groups is 1.